The third-order valence-corrected chi connectivity index (χ3v) is 6.01. The van der Waals surface area contributed by atoms with Crippen molar-refractivity contribution in [1.82, 2.24) is 18.8 Å². The van der Waals surface area contributed by atoms with Gasteiger partial charge >= 0.3 is 0 Å². The van der Waals surface area contributed by atoms with Crippen LogP contribution in [-0.4, -0.2) is 107 Å². The Morgan fingerprint density at radius 2 is 1.70 bits per heavy atom. The highest BCUT2D eigenvalue weighted by molar-refractivity contribution is 7.86. The zero-order chi connectivity index (χ0) is 16.7. The smallest absolute Gasteiger partial charge is 0.282 e. The fourth-order valence-electron chi connectivity index (χ4n) is 2.59. The Kier molecular flexibility index (Phi) is 7.18. The third kappa shape index (κ3) is 5.10. The van der Waals surface area contributed by atoms with Crippen LogP contribution < -0.4 is 5.32 Å². The summed E-state index contributed by atoms with van der Waals surface area (Å²) >= 11 is 0. The van der Waals surface area contributed by atoms with Crippen molar-refractivity contribution in [3.63, 3.8) is 0 Å². The van der Waals surface area contributed by atoms with E-state index in [1.807, 2.05) is 0 Å². The summed E-state index contributed by atoms with van der Waals surface area (Å²) < 4.78 is 38.1. The van der Waals surface area contributed by atoms with Gasteiger partial charge in [-0.05, 0) is 0 Å². The molecule has 2 aliphatic heterocycles. The van der Waals surface area contributed by atoms with Crippen molar-refractivity contribution in [3.8, 4) is 0 Å². The average molecular weight is 350 g/mol. The summed E-state index contributed by atoms with van der Waals surface area (Å²) in [4.78, 5) is 13.7. The molecule has 2 heterocycles. The van der Waals surface area contributed by atoms with Crippen molar-refractivity contribution in [2.45, 2.75) is 0 Å². The molecule has 1 N–H and O–H groups in total. The van der Waals surface area contributed by atoms with E-state index in [4.69, 9.17) is 9.47 Å². The second kappa shape index (κ2) is 8.90. The summed E-state index contributed by atoms with van der Waals surface area (Å²) in [7, 11) is -1.83. The first-order valence-corrected chi connectivity index (χ1v) is 9.26. The first-order chi connectivity index (χ1) is 11.1. The van der Waals surface area contributed by atoms with Gasteiger partial charge in [0.05, 0.1) is 26.4 Å². The third-order valence-electron chi connectivity index (χ3n) is 3.97. The van der Waals surface area contributed by atoms with E-state index in [9.17, 15) is 13.2 Å². The fraction of sp³-hybridized carbons (Fsp3) is 0.923. The number of nitrogens with zero attached hydrogens (tertiary/aromatic N) is 3. The minimum atomic E-state index is -3.44. The maximum atomic E-state index is 12.5. The highest BCUT2D eigenvalue weighted by Crippen LogP contribution is 2.13. The quantitative estimate of drug-likeness (QED) is 0.531. The predicted octanol–water partition coefficient (Wildman–Crippen LogP) is -2.06. The molecule has 0 atom stereocenters. The highest BCUT2D eigenvalue weighted by atomic mass is 32.2. The van der Waals surface area contributed by atoms with Gasteiger partial charge in [-0.3, -0.25) is 4.79 Å². The van der Waals surface area contributed by atoms with E-state index in [0.717, 1.165) is 0 Å². The summed E-state index contributed by atoms with van der Waals surface area (Å²) in [6.07, 6.45) is 0. The van der Waals surface area contributed by atoms with Crippen LogP contribution >= 0.6 is 0 Å². The Morgan fingerprint density at radius 3 is 2.30 bits per heavy atom. The molecule has 0 saturated carbocycles. The molecule has 23 heavy (non-hydrogen) atoms. The molecule has 0 bridgehead atoms. The Balaban J connectivity index is 1.77. The number of carbonyl (C=O) groups is 1. The van der Waals surface area contributed by atoms with E-state index in [-0.39, 0.29) is 12.5 Å². The first kappa shape index (κ1) is 18.6. The Bertz CT molecular complexity index is 473. The molecular formula is C13H26N4O5S. The lowest BCUT2D eigenvalue weighted by Gasteiger charge is -2.37. The van der Waals surface area contributed by atoms with Crippen LogP contribution in [-0.2, 0) is 24.5 Å². The monoisotopic (exact) mass is 350 g/mol. The maximum Gasteiger partial charge on any atom is 0.282 e. The number of carbonyl (C=O) groups excluding carboxylic acids is 1. The van der Waals surface area contributed by atoms with Crippen molar-refractivity contribution < 1.29 is 22.7 Å². The van der Waals surface area contributed by atoms with Crippen molar-refractivity contribution >= 4 is 16.1 Å². The number of amides is 1. The lowest BCUT2D eigenvalue weighted by molar-refractivity contribution is -0.131. The second-order valence-corrected chi connectivity index (χ2v) is 7.40. The number of nitrogens with one attached hydrogen (secondary N) is 1. The standard InChI is InChI=1S/C13H26N4O5S/c1-21-9-2-14-12-13(18)15-3-5-16(6-4-15)23(19,20)17-7-10-22-11-8-17/h14H,2-12H2,1H3. The van der Waals surface area contributed by atoms with Crippen LogP contribution in [0, 0.1) is 0 Å². The number of piperazine rings is 1. The summed E-state index contributed by atoms with van der Waals surface area (Å²) in [5.74, 6) is -0.00970. The molecule has 0 aliphatic carbocycles. The van der Waals surface area contributed by atoms with E-state index in [2.05, 4.69) is 5.32 Å². The summed E-state index contributed by atoms with van der Waals surface area (Å²) in [5, 5.41) is 3.01. The first-order valence-electron chi connectivity index (χ1n) is 7.86. The van der Waals surface area contributed by atoms with Crippen molar-refractivity contribution in [3.05, 3.63) is 0 Å². The van der Waals surface area contributed by atoms with Crippen LogP contribution in [0.3, 0.4) is 0 Å². The zero-order valence-electron chi connectivity index (χ0n) is 13.6. The van der Waals surface area contributed by atoms with Gasteiger partial charge in [0.15, 0.2) is 0 Å². The molecule has 2 fully saturated rings. The Hall–Kier alpha value is -0.780. The average Bonchev–Trinajstić information content (AvgIpc) is 2.59. The van der Waals surface area contributed by atoms with Crippen molar-refractivity contribution in [2.24, 2.45) is 0 Å². The van der Waals surface area contributed by atoms with Gasteiger partial charge in [0, 0.05) is 52.9 Å². The topological polar surface area (TPSA) is 91.4 Å². The van der Waals surface area contributed by atoms with E-state index < -0.39 is 10.2 Å². The molecule has 1 amide bonds. The molecule has 0 spiro atoms. The maximum absolute atomic E-state index is 12.5. The van der Waals surface area contributed by atoms with E-state index in [1.165, 1.54) is 8.61 Å². The molecule has 0 unspecified atom stereocenters. The van der Waals surface area contributed by atoms with Gasteiger partial charge in [-0.15, -0.1) is 0 Å². The predicted molar refractivity (Wildman–Crippen MR) is 84.2 cm³/mol. The molecule has 10 heteroatoms. The van der Waals surface area contributed by atoms with Gasteiger partial charge in [0.25, 0.3) is 10.2 Å². The van der Waals surface area contributed by atoms with Gasteiger partial charge in [0.2, 0.25) is 5.91 Å². The highest BCUT2D eigenvalue weighted by Gasteiger charge is 2.33. The van der Waals surface area contributed by atoms with E-state index in [1.54, 1.807) is 12.0 Å². The molecular weight excluding hydrogens is 324 g/mol. The molecule has 2 rings (SSSR count). The van der Waals surface area contributed by atoms with Crippen molar-refractivity contribution in [1.29, 1.82) is 0 Å². The number of ether oxygens (including phenoxy) is 2. The van der Waals surface area contributed by atoms with Crippen LogP contribution in [0.5, 0.6) is 0 Å². The number of morpholine rings is 1. The van der Waals surface area contributed by atoms with Gasteiger partial charge in [-0.25, -0.2) is 0 Å². The molecule has 134 valence electrons. The zero-order valence-corrected chi connectivity index (χ0v) is 14.4. The molecule has 2 aliphatic rings. The van der Waals surface area contributed by atoms with Crippen molar-refractivity contribution in [2.75, 3.05) is 79.3 Å². The van der Waals surface area contributed by atoms with Crippen LogP contribution in [0.25, 0.3) is 0 Å². The molecule has 0 aromatic rings. The van der Waals surface area contributed by atoms with Gasteiger partial charge in [0.1, 0.15) is 0 Å². The molecule has 9 nitrogen and oxygen atoms in total. The summed E-state index contributed by atoms with van der Waals surface area (Å²) in [6.45, 7) is 4.60. The lowest BCUT2D eigenvalue weighted by Crippen LogP contribution is -2.56. The Labute approximate surface area is 137 Å². The van der Waals surface area contributed by atoms with Crippen LogP contribution in [0.1, 0.15) is 0 Å². The van der Waals surface area contributed by atoms with Crippen LogP contribution in [0.2, 0.25) is 0 Å². The van der Waals surface area contributed by atoms with E-state index in [0.29, 0.717) is 65.6 Å². The van der Waals surface area contributed by atoms with Crippen LogP contribution in [0.4, 0.5) is 0 Å². The molecule has 0 aromatic carbocycles. The number of methoxy groups -OCH3 is 1. The number of rotatable bonds is 7. The molecule has 0 radical (unpaired) electrons. The minimum absolute atomic E-state index is 0.00970. The van der Waals surface area contributed by atoms with Gasteiger partial charge < -0.3 is 19.7 Å². The summed E-state index contributed by atoms with van der Waals surface area (Å²) in [5.41, 5.74) is 0. The normalized spacial score (nSPS) is 21.5. The lowest BCUT2D eigenvalue weighted by atomic mass is 10.3. The SMILES string of the molecule is COCCNCC(=O)N1CCN(S(=O)(=O)N2CCOCC2)CC1. The number of hydrogen-bond acceptors (Lipinski definition) is 6. The van der Waals surface area contributed by atoms with Gasteiger partial charge in [-0.1, -0.05) is 0 Å². The Morgan fingerprint density at radius 1 is 1.09 bits per heavy atom. The largest absolute Gasteiger partial charge is 0.383 e. The van der Waals surface area contributed by atoms with E-state index >= 15 is 0 Å². The minimum Gasteiger partial charge on any atom is -0.383 e. The van der Waals surface area contributed by atoms with Crippen LogP contribution in [0.15, 0.2) is 0 Å². The second-order valence-electron chi connectivity index (χ2n) is 5.47. The molecule has 2 saturated heterocycles. The summed E-state index contributed by atoms with van der Waals surface area (Å²) in [6, 6.07) is 0. The van der Waals surface area contributed by atoms with Gasteiger partial charge in [-0.2, -0.15) is 17.0 Å². The molecule has 0 aromatic heterocycles. The number of hydrogen-bond donors (Lipinski definition) is 1. The fourth-order valence-corrected chi connectivity index (χ4v) is 4.15.